The third-order valence-corrected chi connectivity index (χ3v) is 6.54. The molecule has 154 valence electrons. The topological polar surface area (TPSA) is 88.2 Å². The van der Waals surface area contributed by atoms with Crippen LogP contribution in [0.2, 0.25) is 0 Å². The van der Waals surface area contributed by atoms with E-state index in [0.717, 1.165) is 43.1 Å². The fourth-order valence-electron chi connectivity index (χ4n) is 3.62. The molecule has 2 aliphatic heterocycles. The second-order valence-corrected chi connectivity index (χ2v) is 8.56. The van der Waals surface area contributed by atoms with Gasteiger partial charge in [-0.25, -0.2) is 4.98 Å². The van der Waals surface area contributed by atoms with E-state index in [4.69, 9.17) is 14.2 Å². The highest BCUT2D eigenvalue weighted by molar-refractivity contribution is 7.99. The largest absolute Gasteiger partial charge is 0.486 e. The van der Waals surface area contributed by atoms with Crippen molar-refractivity contribution in [3.63, 3.8) is 0 Å². The van der Waals surface area contributed by atoms with Gasteiger partial charge in [-0.1, -0.05) is 12.1 Å². The molecule has 0 radical (unpaired) electrons. The minimum atomic E-state index is 0.0927. The van der Waals surface area contributed by atoms with E-state index < -0.39 is 0 Å². The summed E-state index contributed by atoms with van der Waals surface area (Å²) in [5.41, 5.74) is 3.00. The van der Waals surface area contributed by atoms with Crippen molar-refractivity contribution in [3.05, 3.63) is 41.1 Å². The van der Waals surface area contributed by atoms with Gasteiger partial charge in [0.2, 0.25) is 0 Å². The van der Waals surface area contributed by atoms with Crippen LogP contribution in [-0.4, -0.2) is 43.3 Å². The fourth-order valence-corrected chi connectivity index (χ4v) is 4.77. The van der Waals surface area contributed by atoms with Crippen molar-refractivity contribution in [1.82, 2.24) is 4.98 Å². The Morgan fingerprint density at radius 3 is 2.47 bits per heavy atom. The molecule has 3 heterocycles. The van der Waals surface area contributed by atoms with Crippen LogP contribution in [0.25, 0.3) is 11.1 Å². The van der Waals surface area contributed by atoms with Crippen LogP contribution in [-0.2, 0) is 9.47 Å². The number of nitriles is 2. The van der Waals surface area contributed by atoms with Crippen molar-refractivity contribution in [2.45, 2.75) is 30.9 Å². The standard InChI is InChI=1S/C23H23N3O3S/c1-15-20(9-24)22(17-4-6-18(7-5-17)29-19-12-28-13-19)21(10-25)23(26-15)30-14-16-3-2-8-27-11-16/h4-7,16,19H,2-3,8,11-14H2,1H3. The molecule has 0 saturated carbocycles. The Labute approximate surface area is 180 Å². The van der Waals surface area contributed by atoms with Crippen molar-refractivity contribution in [2.24, 2.45) is 5.92 Å². The zero-order valence-corrected chi connectivity index (χ0v) is 17.7. The molecule has 0 aliphatic carbocycles. The predicted octanol–water partition coefficient (Wildman–Crippen LogP) is 4.10. The molecule has 0 N–H and O–H groups in total. The highest BCUT2D eigenvalue weighted by Crippen LogP contribution is 2.36. The van der Waals surface area contributed by atoms with Gasteiger partial charge in [-0.05, 0) is 43.4 Å². The summed E-state index contributed by atoms with van der Waals surface area (Å²) in [7, 11) is 0. The third kappa shape index (κ3) is 4.44. The highest BCUT2D eigenvalue weighted by atomic mass is 32.2. The maximum absolute atomic E-state index is 9.95. The minimum absolute atomic E-state index is 0.0927. The lowest BCUT2D eigenvalue weighted by Crippen LogP contribution is -2.38. The molecular formula is C23H23N3O3S. The average Bonchev–Trinajstić information content (AvgIpc) is 2.75. The lowest BCUT2D eigenvalue weighted by Gasteiger charge is -2.26. The number of aryl methyl sites for hydroxylation is 1. The molecule has 30 heavy (non-hydrogen) atoms. The van der Waals surface area contributed by atoms with Gasteiger partial charge in [0.25, 0.3) is 0 Å². The number of ether oxygens (including phenoxy) is 3. The van der Waals surface area contributed by atoms with Crippen molar-refractivity contribution in [3.8, 4) is 29.0 Å². The first-order valence-corrected chi connectivity index (χ1v) is 11.1. The molecule has 1 unspecified atom stereocenters. The van der Waals surface area contributed by atoms with Crippen LogP contribution >= 0.6 is 11.8 Å². The molecular weight excluding hydrogens is 398 g/mol. The van der Waals surface area contributed by atoms with Crippen LogP contribution in [0.5, 0.6) is 5.75 Å². The van der Waals surface area contributed by atoms with Gasteiger partial charge in [0, 0.05) is 17.9 Å². The number of nitrogens with zero attached hydrogens (tertiary/aromatic N) is 3. The summed E-state index contributed by atoms with van der Waals surface area (Å²) in [5, 5.41) is 20.4. The molecule has 7 heteroatoms. The van der Waals surface area contributed by atoms with Gasteiger partial charge in [-0.15, -0.1) is 11.8 Å². The van der Waals surface area contributed by atoms with Crippen LogP contribution in [0.3, 0.4) is 0 Å². The van der Waals surface area contributed by atoms with Gasteiger partial charge < -0.3 is 14.2 Å². The molecule has 0 amide bonds. The number of hydrogen-bond acceptors (Lipinski definition) is 7. The molecule has 2 saturated heterocycles. The maximum Gasteiger partial charge on any atom is 0.145 e. The van der Waals surface area contributed by atoms with Crippen molar-refractivity contribution < 1.29 is 14.2 Å². The Morgan fingerprint density at radius 2 is 1.87 bits per heavy atom. The Bertz CT molecular complexity index is 985. The van der Waals surface area contributed by atoms with Crippen LogP contribution in [0.4, 0.5) is 0 Å². The van der Waals surface area contributed by atoms with Gasteiger partial charge in [0.15, 0.2) is 0 Å². The Kier molecular flexibility index (Phi) is 6.54. The van der Waals surface area contributed by atoms with E-state index in [0.29, 0.717) is 46.5 Å². The monoisotopic (exact) mass is 421 g/mol. The number of benzene rings is 1. The van der Waals surface area contributed by atoms with E-state index in [1.165, 1.54) is 0 Å². The SMILES string of the molecule is Cc1nc(SCC2CCCOC2)c(C#N)c(-c2ccc(OC3COC3)cc2)c1C#N. The van der Waals surface area contributed by atoms with E-state index >= 15 is 0 Å². The number of aromatic nitrogens is 1. The minimum Gasteiger partial charge on any atom is -0.486 e. The van der Waals surface area contributed by atoms with Crippen molar-refractivity contribution >= 4 is 11.8 Å². The second-order valence-electron chi connectivity index (χ2n) is 7.55. The number of hydrogen-bond donors (Lipinski definition) is 0. The number of rotatable bonds is 6. The lowest BCUT2D eigenvalue weighted by atomic mass is 9.95. The number of thioether (sulfide) groups is 1. The van der Waals surface area contributed by atoms with Crippen molar-refractivity contribution in [2.75, 3.05) is 32.2 Å². The first-order valence-electron chi connectivity index (χ1n) is 10.1. The second kappa shape index (κ2) is 9.49. The third-order valence-electron chi connectivity index (χ3n) is 5.33. The van der Waals surface area contributed by atoms with Gasteiger partial charge in [-0.3, -0.25) is 0 Å². The van der Waals surface area contributed by atoms with E-state index in [-0.39, 0.29) is 6.10 Å². The zero-order valence-electron chi connectivity index (χ0n) is 16.9. The molecule has 2 aromatic rings. The molecule has 0 bridgehead atoms. The first-order chi connectivity index (χ1) is 14.7. The van der Waals surface area contributed by atoms with Crippen molar-refractivity contribution in [1.29, 1.82) is 10.5 Å². The molecule has 2 fully saturated rings. The van der Waals surface area contributed by atoms with Gasteiger partial charge >= 0.3 is 0 Å². The van der Waals surface area contributed by atoms with Gasteiger partial charge in [0.05, 0.1) is 36.6 Å². The highest BCUT2D eigenvalue weighted by Gasteiger charge is 2.23. The van der Waals surface area contributed by atoms with E-state index in [9.17, 15) is 10.5 Å². The van der Waals surface area contributed by atoms with Gasteiger partial charge in [-0.2, -0.15) is 10.5 Å². The normalized spacial score (nSPS) is 18.8. The summed E-state index contributed by atoms with van der Waals surface area (Å²) < 4.78 is 16.5. The molecule has 2 aliphatic rings. The quantitative estimate of drug-likeness (QED) is 0.649. The Morgan fingerprint density at radius 1 is 1.10 bits per heavy atom. The van der Waals surface area contributed by atoms with Crippen LogP contribution in [0.15, 0.2) is 29.3 Å². The summed E-state index contributed by atoms with van der Waals surface area (Å²) in [6, 6.07) is 12.1. The van der Waals surface area contributed by atoms with E-state index in [2.05, 4.69) is 17.1 Å². The molecule has 1 atom stereocenters. The molecule has 1 aromatic carbocycles. The lowest BCUT2D eigenvalue weighted by molar-refractivity contribution is -0.0796. The van der Waals surface area contributed by atoms with Gasteiger partial charge in [0.1, 0.15) is 29.0 Å². The molecule has 1 aromatic heterocycles. The summed E-state index contributed by atoms with van der Waals surface area (Å²) in [6.07, 6.45) is 2.29. The van der Waals surface area contributed by atoms with Crippen LogP contribution in [0, 0.1) is 35.5 Å². The van der Waals surface area contributed by atoms with Crippen LogP contribution in [0.1, 0.15) is 29.7 Å². The van der Waals surface area contributed by atoms with Crippen LogP contribution < -0.4 is 4.74 Å². The molecule has 0 spiro atoms. The molecule has 4 rings (SSSR count). The summed E-state index contributed by atoms with van der Waals surface area (Å²) in [6.45, 7) is 4.62. The maximum atomic E-state index is 9.95. The summed E-state index contributed by atoms with van der Waals surface area (Å²) in [5.74, 6) is 2.06. The smallest absolute Gasteiger partial charge is 0.145 e. The zero-order chi connectivity index (χ0) is 20.9. The average molecular weight is 422 g/mol. The Hall–Kier alpha value is -2.58. The summed E-state index contributed by atoms with van der Waals surface area (Å²) in [4.78, 5) is 4.60. The first kappa shape index (κ1) is 20.7. The Balaban J connectivity index is 1.64. The summed E-state index contributed by atoms with van der Waals surface area (Å²) >= 11 is 1.58. The van der Waals surface area contributed by atoms with E-state index in [1.807, 2.05) is 31.2 Å². The molecule has 6 nitrogen and oxygen atoms in total. The van der Waals surface area contributed by atoms with E-state index in [1.54, 1.807) is 11.8 Å². The number of pyridine rings is 1. The fraction of sp³-hybridized carbons (Fsp3) is 0.435. The predicted molar refractivity (Wildman–Crippen MR) is 113 cm³/mol.